The van der Waals surface area contributed by atoms with Crippen LogP contribution in [0.25, 0.3) is 0 Å². The van der Waals surface area contributed by atoms with E-state index in [4.69, 9.17) is 5.11 Å². The molecule has 2 amide bonds. The van der Waals surface area contributed by atoms with Crippen molar-refractivity contribution in [3.05, 3.63) is 29.8 Å². The number of aromatic hydroxyl groups is 1. The average molecular weight is 250 g/mol. The Balaban J connectivity index is 2.27. The molecule has 0 bridgehead atoms. The second kappa shape index (κ2) is 7.32. The Morgan fingerprint density at radius 3 is 2.17 bits per heavy atom. The van der Waals surface area contributed by atoms with E-state index in [1.807, 2.05) is 6.92 Å². The highest BCUT2D eigenvalue weighted by Crippen LogP contribution is 2.09. The van der Waals surface area contributed by atoms with Crippen LogP contribution in [-0.4, -0.2) is 30.0 Å². The molecule has 1 rings (SSSR count). The van der Waals surface area contributed by atoms with Crippen molar-refractivity contribution in [2.75, 3.05) is 13.1 Å². The van der Waals surface area contributed by atoms with Gasteiger partial charge in [0.2, 0.25) is 0 Å². The van der Waals surface area contributed by atoms with E-state index in [2.05, 4.69) is 10.6 Å². The Kier molecular flexibility index (Phi) is 5.70. The maximum atomic E-state index is 11.3. The van der Waals surface area contributed by atoms with Gasteiger partial charge in [0.15, 0.2) is 0 Å². The standard InChI is InChI=1S/C13H18N2O3/c1-2-8-14-12(17)13(18)15-9-7-10-3-5-11(16)6-4-10/h3-6,16H,2,7-9H2,1H3,(H,14,17)(H,15,18). The summed E-state index contributed by atoms with van der Waals surface area (Å²) in [5.74, 6) is -0.994. The van der Waals surface area contributed by atoms with Crippen molar-refractivity contribution >= 4 is 11.8 Å². The molecule has 0 spiro atoms. The number of carbonyl (C=O) groups is 2. The lowest BCUT2D eigenvalue weighted by molar-refractivity contribution is -0.139. The fraction of sp³-hybridized carbons (Fsp3) is 0.385. The second-order valence-electron chi connectivity index (χ2n) is 3.93. The summed E-state index contributed by atoms with van der Waals surface area (Å²) < 4.78 is 0. The van der Waals surface area contributed by atoms with E-state index >= 15 is 0 Å². The smallest absolute Gasteiger partial charge is 0.309 e. The number of amides is 2. The molecule has 3 N–H and O–H groups in total. The van der Waals surface area contributed by atoms with Crippen LogP contribution in [0.3, 0.4) is 0 Å². The van der Waals surface area contributed by atoms with E-state index in [0.717, 1.165) is 12.0 Å². The Hall–Kier alpha value is -2.04. The third kappa shape index (κ3) is 4.86. The maximum absolute atomic E-state index is 11.3. The van der Waals surface area contributed by atoms with E-state index in [1.165, 1.54) is 0 Å². The second-order valence-corrected chi connectivity index (χ2v) is 3.93. The topological polar surface area (TPSA) is 78.4 Å². The van der Waals surface area contributed by atoms with Crippen LogP contribution in [0.2, 0.25) is 0 Å². The lowest BCUT2D eigenvalue weighted by Crippen LogP contribution is -2.40. The zero-order chi connectivity index (χ0) is 13.4. The molecular weight excluding hydrogens is 232 g/mol. The Morgan fingerprint density at radius 2 is 1.61 bits per heavy atom. The van der Waals surface area contributed by atoms with E-state index in [9.17, 15) is 9.59 Å². The third-order valence-corrected chi connectivity index (χ3v) is 2.38. The predicted octanol–water partition coefficient (Wildman–Crippen LogP) is 0.577. The molecule has 18 heavy (non-hydrogen) atoms. The predicted molar refractivity (Wildman–Crippen MR) is 68.1 cm³/mol. The Labute approximate surface area is 106 Å². The zero-order valence-corrected chi connectivity index (χ0v) is 10.4. The summed E-state index contributed by atoms with van der Waals surface area (Å²) in [4.78, 5) is 22.6. The van der Waals surface area contributed by atoms with Gasteiger partial charge in [-0.15, -0.1) is 0 Å². The maximum Gasteiger partial charge on any atom is 0.309 e. The molecule has 1 aromatic carbocycles. The van der Waals surface area contributed by atoms with Gasteiger partial charge in [-0.3, -0.25) is 9.59 Å². The number of carbonyl (C=O) groups excluding carboxylic acids is 2. The van der Waals surface area contributed by atoms with Crippen LogP contribution in [0, 0.1) is 0 Å². The lowest BCUT2D eigenvalue weighted by atomic mass is 10.1. The van der Waals surface area contributed by atoms with Gasteiger partial charge in [0.1, 0.15) is 5.75 Å². The molecular formula is C13H18N2O3. The molecule has 0 radical (unpaired) electrons. The van der Waals surface area contributed by atoms with Gasteiger partial charge in [0, 0.05) is 13.1 Å². The summed E-state index contributed by atoms with van der Waals surface area (Å²) in [7, 11) is 0. The van der Waals surface area contributed by atoms with Crippen molar-refractivity contribution in [1.29, 1.82) is 0 Å². The molecule has 0 aliphatic heterocycles. The van der Waals surface area contributed by atoms with Crippen LogP contribution in [0.4, 0.5) is 0 Å². The molecule has 0 saturated heterocycles. The number of nitrogens with one attached hydrogen (secondary N) is 2. The van der Waals surface area contributed by atoms with E-state index in [1.54, 1.807) is 24.3 Å². The Morgan fingerprint density at radius 1 is 1.06 bits per heavy atom. The number of hydrogen-bond acceptors (Lipinski definition) is 3. The molecule has 0 aliphatic rings. The molecule has 0 saturated carbocycles. The van der Waals surface area contributed by atoms with E-state index in [0.29, 0.717) is 19.5 Å². The molecule has 5 heteroatoms. The van der Waals surface area contributed by atoms with E-state index < -0.39 is 11.8 Å². The zero-order valence-electron chi connectivity index (χ0n) is 10.4. The van der Waals surface area contributed by atoms with Crippen molar-refractivity contribution in [2.45, 2.75) is 19.8 Å². The van der Waals surface area contributed by atoms with Crippen molar-refractivity contribution in [2.24, 2.45) is 0 Å². The van der Waals surface area contributed by atoms with Crippen molar-refractivity contribution in [3.63, 3.8) is 0 Å². The molecule has 1 aromatic rings. The van der Waals surface area contributed by atoms with Gasteiger partial charge in [-0.2, -0.15) is 0 Å². The minimum Gasteiger partial charge on any atom is -0.508 e. The summed E-state index contributed by atoms with van der Waals surface area (Å²) in [5, 5.41) is 14.1. The number of rotatable bonds is 5. The number of hydrogen-bond donors (Lipinski definition) is 3. The van der Waals surface area contributed by atoms with Crippen LogP contribution in [0.5, 0.6) is 5.75 Å². The minimum absolute atomic E-state index is 0.210. The summed E-state index contributed by atoms with van der Waals surface area (Å²) in [6.45, 7) is 2.82. The van der Waals surface area contributed by atoms with Gasteiger partial charge >= 0.3 is 11.8 Å². The monoisotopic (exact) mass is 250 g/mol. The number of phenols is 1. The molecule has 98 valence electrons. The van der Waals surface area contributed by atoms with Crippen LogP contribution in [-0.2, 0) is 16.0 Å². The summed E-state index contributed by atoms with van der Waals surface area (Å²) in [6.07, 6.45) is 1.42. The van der Waals surface area contributed by atoms with E-state index in [-0.39, 0.29) is 5.75 Å². The van der Waals surface area contributed by atoms with Gasteiger partial charge in [-0.25, -0.2) is 0 Å². The highest BCUT2D eigenvalue weighted by Gasteiger charge is 2.11. The molecule has 0 heterocycles. The highest BCUT2D eigenvalue weighted by atomic mass is 16.3. The number of benzene rings is 1. The van der Waals surface area contributed by atoms with Crippen molar-refractivity contribution in [1.82, 2.24) is 10.6 Å². The molecule has 0 aliphatic carbocycles. The van der Waals surface area contributed by atoms with Crippen LogP contribution < -0.4 is 10.6 Å². The SMILES string of the molecule is CCCNC(=O)C(=O)NCCc1ccc(O)cc1. The van der Waals surface area contributed by atoms with Crippen molar-refractivity contribution in [3.8, 4) is 5.75 Å². The summed E-state index contributed by atoms with van der Waals surface area (Å²) in [6, 6.07) is 6.73. The number of phenolic OH excluding ortho intramolecular Hbond substituents is 1. The largest absolute Gasteiger partial charge is 0.508 e. The first-order valence-electron chi connectivity index (χ1n) is 5.97. The molecule has 0 atom stereocenters. The fourth-order valence-electron chi connectivity index (χ4n) is 1.38. The first-order chi connectivity index (χ1) is 8.63. The first-order valence-corrected chi connectivity index (χ1v) is 5.97. The van der Waals surface area contributed by atoms with Crippen LogP contribution in [0.1, 0.15) is 18.9 Å². The molecule has 0 unspecified atom stereocenters. The third-order valence-electron chi connectivity index (χ3n) is 2.38. The van der Waals surface area contributed by atoms with Gasteiger partial charge < -0.3 is 15.7 Å². The van der Waals surface area contributed by atoms with Gasteiger partial charge in [-0.05, 0) is 30.5 Å². The van der Waals surface area contributed by atoms with Crippen molar-refractivity contribution < 1.29 is 14.7 Å². The molecule has 5 nitrogen and oxygen atoms in total. The van der Waals surface area contributed by atoms with Gasteiger partial charge in [0.25, 0.3) is 0 Å². The summed E-state index contributed by atoms with van der Waals surface area (Å²) in [5.41, 5.74) is 0.988. The van der Waals surface area contributed by atoms with Gasteiger partial charge in [-0.1, -0.05) is 19.1 Å². The fourth-order valence-corrected chi connectivity index (χ4v) is 1.38. The average Bonchev–Trinajstić information content (AvgIpc) is 2.38. The minimum atomic E-state index is -0.609. The first kappa shape index (κ1) is 14.0. The molecule has 0 aromatic heterocycles. The summed E-state index contributed by atoms with van der Waals surface area (Å²) >= 11 is 0. The van der Waals surface area contributed by atoms with Crippen LogP contribution >= 0.6 is 0 Å². The van der Waals surface area contributed by atoms with Gasteiger partial charge in [0.05, 0.1) is 0 Å². The quantitative estimate of drug-likeness (QED) is 0.669. The van der Waals surface area contributed by atoms with Crippen LogP contribution in [0.15, 0.2) is 24.3 Å². The molecule has 0 fully saturated rings. The highest BCUT2D eigenvalue weighted by molar-refractivity contribution is 6.35. The lowest BCUT2D eigenvalue weighted by Gasteiger charge is -2.05. The Bertz CT molecular complexity index is 401. The normalized spacial score (nSPS) is 9.83.